The Morgan fingerprint density at radius 2 is 1.83 bits per heavy atom. The number of fused-ring (bicyclic) bond motifs is 5. The predicted molar refractivity (Wildman–Crippen MR) is 120 cm³/mol. The summed E-state index contributed by atoms with van der Waals surface area (Å²) in [6, 6.07) is 0. The molecule has 4 rings (SSSR count). The van der Waals surface area contributed by atoms with Crippen molar-refractivity contribution in [1.82, 2.24) is 4.83 Å². The van der Waals surface area contributed by atoms with Crippen LogP contribution in [0.4, 0.5) is 0 Å². The Balaban J connectivity index is 1.65. The summed E-state index contributed by atoms with van der Waals surface area (Å²) in [5.41, 5.74) is 2.46. The molecule has 0 aliphatic heterocycles. The van der Waals surface area contributed by atoms with E-state index in [4.69, 9.17) is 11.6 Å². The molecule has 30 heavy (non-hydrogen) atoms. The van der Waals surface area contributed by atoms with E-state index in [1.807, 2.05) is 0 Å². The lowest BCUT2D eigenvalue weighted by atomic mass is 9.46. The molecule has 3 fully saturated rings. The van der Waals surface area contributed by atoms with Crippen LogP contribution in [0, 0.1) is 39.9 Å². The zero-order chi connectivity index (χ0) is 21.9. The van der Waals surface area contributed by atoms with Gasteiger partial charge in [-0.3, -0.25) is 0 Å². The van der Waals surface area contributed by atoms with Crippen molar-refractivity contribution in [2.45, 2.75) is 77.7 Å². The van der Waals surface area contributed by atoms with Crippen molar-refractivity contribution < 1.29 is 13.5 Å². The number of halogens is 1. The molecule has 0 bridgehead atoms. The van der Waals surface area contributed by atoms with E-state index in [0.29, 0.717) is 24.2 Å². The highest BCUT2D eigenvalue weighted by atomic mass is 35.5. The zero-order valence-electron chi connectivity index (χ0n) is 18.4. The molecule has 4 aliphatic carbocycles. The second kappa shape index (κ2) is 7.25. The molecule has 0 spiro atoms. The van der Waals surface area contributed by atoms with Crippen molar-refractivity contribution in [1.29, 1.82) is 0 Å². The predicted octanol–water partition coefficient (Wildman–Crippen LogP) is 4.18. The Kier molecular flexibility index (Phi) is 5.36. The van der Waals surface area contributed by atoms with Crippen LogP contribution in [0.15, 0.2) is 16.2 Å². The number of aliphatic hydroxyl groups is 1. The van der Waals surface area contributed by atoms with Crippen LogP contribution >= 0.6 is 11.6 Å². The van der Waals surface area contributed by atoms with E-state index in [0.717, 1.165) is 56.9 Å². The Labute approximate surface area is 185 Å². The van der Waals surface area contributed by atoms with Gasteiger partial charge in [-0.1, -0.05) is 25.3 Å². The number of hydrogen-bond donors (Lipinski definition) is 2. The monoisotopic (exact) mass is 452 g/mol. The van der Waals surface area contributed by atoms with Crippen molar-refractivity contribution in [3.63, 3.8) is 0 Å². The van der Waals surface area contributed by atoms with Crippen LogP contribution in [0.2, 0.25) is 0 Å². The molecule has 0 aromatic heterocycles. The highest BCUT2D eigenvalue weighted by molar-refractivity contribution is 7.88. The van der Waals surface area contributed by atoms with Crippen LogP contribution in [-0.4, -0.2) is 31.1 Å². The van der Waals surface area contributed by atoms with Crippen LogP contribution in [-0.2, 0) is 10.0 Å². The minimum absolute atomic E-state index is 0.122. The van der Waals surface area contributed by atoms with E-state index in [-0.39, 0.29) is 10.8 Å². The second-order valence-electron chi connectivity index (χ2n) is 10.4. The number of nitrogens with zero attached hydrogens (tertiary/aromatic N) is 1. The van der Waals surface area contributed by atoms with Gasteiger partial charge in [-0.05, 0) is 98.6 Å². The molecule has 166 valence electrons. The fourth-order valence-corrected chi connectivity index (χ4v) is 8.00. The van der Waals surface area contributed by atoms with Gasteiger partial charge >= 0.3 is 0 Å². The van der Waals surface area contributed by atoms with Crippen LogP contribution < -0.4 is 4.83 Å². The van der Waals surface area contributed by atoms with Gasteiger partial charge in [-0.2, -0.15) is 5.10 Å². The first-order chi connectivity index (χ1) is 14.0. The van der Waals surface area contributed by atoms with Gasteiger partial charge in [0, 0.05) is 10.8 Å². The second-order valence-corrected chi connectivity index (χ2v) is 12.3. The summed E-state index contributed by atoms with van der Waals surface area (Å²) in [6.07, 6.45) is 8.85. The molecule has 0 aromatic rings. The van der Waals surface area contributed by atoms with E-state index in [9.17, 15) is 13.5 Å². The van der Waals surface area contributed by atoms with E-state index in [2.05, 4.69) is 42.0 Å². The van der Waals surface area contributed by atoms with Gasteiger partial charge in [0.25, 0.3) is 0 Å². The van der Waals surface area contributed by atoms with Gasteiger partial charge in [0.15, 0.2) is 0 Å². The van der Waals surface area contributed by atoms with E-state index in [1.165, 1.54) is 11.1 Å². The molecule has 0 unspecified atom stereocenters. The molecule has 0 radical (unpaired) electrons. The number of nitrogens with one attached hydrogen (secondary N) is 1. The van der Waals surface area contributed by atoms with E-state index >= 15 is 0 Å². The van der Waals surface area contributed by atoms with Gasteiger partial charge in [0.05, 0.1) is 12.0 Å². The van der Waals surface area contributed by atoms with Gasteiger partial charge in [0.1, 0.15) is 5.60 Å². The van der Waals surface area contributed by atoms with Crippen molar-refractivity contribution in [2.24, 2.45) is 33.7 Å². The molecule has 7 heteroatoms. The summed E-state index contributed by atoms with van der Waals surface area (Å²) in [5.74, 6) is 4.60. The third-order valence-corrected chi connectivity index (χ3v) is 9.71. The topological polar surface area (TPSA) is 78.8 Å². The molecule has 4 aliphatic rings. The summed E-state index contributed by atoms with van der Waals surface area (Å²) in [5, 5.41) is 18.0. The standard InChI is InChI=1S/C23H33ClN2O3S/c1-15-17-6-5-16-18(21(17,2)10-9-20(15)25-26-30(4,28)29)7-11-22(3)19(16)8-12-23(22,27)13-14-24/h16,18-19,26-27H,5-12H2,1-4H3/b25-20+/t16-,18+,19+,21+,22+,23-/m1/s1. The SMILES string of the molecule is CC1=C2CC[C@@H]3[C@H](CC[C@@]4(C)[C@H]3CC[C@@]4(O)C#CCl)[C@@]2(C)CC/C1=N\NS(C)(=O)=O. The normalized spacial score (nSPS) is 44.6. The number of hydrazone groups is 1. The number of hydrogen-bond acceptors (Lipinski definition) is 4. The molecule has 0 amide bonds. The molecule has 2 N–H and O–H groups in total. The van der Waals surface area contributed by atoms with Gasteiger partial charge < -0.3 is 5.11 Å². The molecule has 0 saturated heterocycles. The lowest BCUT2D eigenvalue weighted by Crippen LogP contribution is -2.54. The highest BCUT2D eigenvalue weighted by Gasteiger charge is 2.63. The minimum atomic E-state index is -3.35. The molecule has 3 saturated carbocycles. The van der Waals surface area contributed by atoms with Crippen LogP contribution in [0.3, 0.4) is 0 Å². The van der Waals surface area contributed by atoms with E-state index in [1.54, 1.807) is 0 Å². The smallest absolute Gasteiger partial charge is 0.244 e. The Morgan fingerprint density at radius 3 is 2.50 bits per heavy atom. The van der Waals surface area contributed by atoms with Crippen molar-refractivity contribution in [3.8, 4) is 11.3 Å². The number of rotatable bonds is 2. The molecule has 0 aromatic carbocycles. The lowest BCUT2D eigenvalue weighted by molar-refractivity contribution is -0.0989. The fourth-order valence-electron chi connectivity index (χ4n) is 7.57. The Hall–Kier alpha value is -1.03. The maximum atomic E-state index is 11.5. The van der Waals surface area contributed by atoms with Gasteiger partial charge in [-0.25, -0.2) is 13.2 Å². The summed E-state index contributed by atoms with van der Waals surface area (Å²) in [4.78, 5) is 2.32. The quantitative estimate of drug-likeness (QED) is 0.487. The lowest BCUT2D eigenvalue weighted by Gasteiger charge is -2.59. The largest absolute Gasteiger partial charge is 0.377 e. The first-order valence-corrected chi connectivity index (χ1v) is 13.3. The fraction of sp³-hybridized carbons (Fsp3) is 0.783. The maximum Gasteiger partial charge on any atom is 0.244 e. The highest BCUT2D eigenvalue weighted by Crippen LogP contribution is 2.67. The zero-order valence-corrected chi connectivity index (χ0v) is 20.0. The molecule has 6 atom stereocenters. The summed E-state index contributed by atoms with van der Waals surface area (Å²) in [6.45, 7) is 6.74. The summed E-state index contributed by atoms with van der Waals surface area (Å²) >= 11 is 5.72. The third kappa shape index (κ3) is 3.24. The van der Waals surface area contributed by atoms with Crippen molar-refractivity contribution >= 4 is 27.3 Å². The molecular weight excluding hydrogens is 420 g/mol. The maximum absolute atomic E-state index is 11.5. The minimum Gasteiger partial charge on any atom is -0.377 e. The Morgan fingerprint density at radius 1 is 1.13 bits per heavy atom. The number of sulfonamides is 1. The first-order valence-electron chi connectivity index (χ1n) is 11.0. The van der Waals surface area contributed by atoms with Crippen molar-refractivity contribution in [2.75, 3.05) is 6.26 Å². The third-order valence-electron chi connectivity index (χ3n) is 9.19. The van der Waals surface area contributed by atoms with Crippen LogP contribution in [0.1, 0.15) is 72.1 Å². The first kappa shape index (κ1) is 22.2. The Bertz CT molecular complexity index is 978. The van der Waals surface area contributed by atoms with Crippen LogP contribution in [0.5, 0.6) is 0 Å². The number of allylic oxidation sites excluding steroid dienone is 2. The average molecular weight is 453 g/mol. The van der Waals surface area contributed by atoms with E-state index < -0.39 is 15.6 Å². The van der Waals surface area contributed by atoms with Gasteiger partial charge in [0.2, 0.25) is 10.0 Å². The van der Waals surface area contributed by atoms with Crippen LogP contribution in [0.25, 0.3) is 0 Å². The average Bonchev–Trinajstić information content (AvgIpc) is 2.92. The molecule has 5 nitrogen and oxygen atoms in total. The van der Waals surface area contributed by atoms with Crippen molar-refractivity contribution in [3.05, 3.63) is 11.1 Å². The molecular formula is C23H33ClN2O3S. The molecule has 0 heterocycles. The summed E-state index contributed by atoms with van der Waals surface area (Å²) in [7, 11) is -3.35. The van der Waals surface area contributed by atoms with Gasteiger partial charge in [-0.15, -0.1) is 0 Å². The summed E-state index contributed by atoms with van der Waals surface area (Å²) < 4.78 is 23.0.